The van der Waals surface area contributed by atoms with E-state index in [0.29, 0.717) is 0 Å². The molecule has 0 saturated carbocycles. The number of rotatable bonds is 0. The third-order valence-corrected chi connectivity index (χ3v) is 0. The summed E-state index contributed by atoms with van der Waals surface area (Å²) in [5, 5.41) is 0. The van der Waals surface area contributed by atoms with Crippen LogP contribution in [0.4, 0.5) is 0 Å². The Bertz CT molecular complexity index is 11.6. The second-order valence-electron chi connectivity index (χ2n) is 0. The van der Waals surface area contributed by atoms with E-state index in [1.807, 2.05) is 0 Å². The average molecular weight is 244 g/mol. The van der Waals surface area contributed by atoms with Crippen molar-refractivity contribution < 1.29 is 63.5 Å². The molecule has 0 aromatic heterocycles. The Hall–Kier alpha value is 2.69. The Labute approximate surface area is 94.8 Å². The molecule has 0 aromatic carbocycles. The minimum Gasteiger partial charge on any atom is -0.358 e. The Morgan fingerprint density at radius 1 is 1.00 bits per heavy atom. The molecule has 0 N–H and O–H groups in total. The van der Waals surface area contributed by atoms with Crippen LogP contribution in [0.15, 0.2) is 0 Å². The quantitative estimate of drug-likeness (QED) is 0.374. The Balaban J connectivity index is 0. The first-order valence-electron chi connectivity index (χ1n) is 0. The van der Waals surface area contributed by atoms with Crippen LogP contribution in [0.3, 0.4) is 0 Å². The van der Waals surface area contributed by atoms with Gasteiger partial charge in [0.05, 0.1) is 0 Å². The molecule has 0 fully saturated rings. The first kappa shape index (κ1) is 47.6. The molecule has 0 heterocycles. The SMILES string of the molecule is [AlH3].[B].[CH3-].[Ce].[Ti]. The van der Waals surface area contributed by atoms with Crippen molar-refractivity contribution in [2.24, 2.45) is 0 Å². The maximum Gasteiger partial charge on any atom is 0.187 e. The second kappa shape index (κ2) is 29.9. The summed E-state index contributed by atoms with van der Waals surface area (Å²) in [6, 6.07) is 0. The first-order chi connectivity index (χ1) is 0. The van der Waals surface area contributed by atoms with Crippen LogP contribution in [0.2, 0.25) is 0 Å². The van der Waals surface area contributed by atoms with Gasteiger partial charge in [0.25, 0.3) is 0 Å². The van der Waals surface area contributed by atoms with E-state index in [-0.39, 0.29) is 96.7 Å². The van der Waals surface area contributed by atoms with Gasteiger partial charge >= 0.3 is 0 Å². The molecule has 0 bridgehead atoms. The van der Waals surface area contributed by atoms with Crippen molar-refractivity contribution in [1.82, 2.24) is 0 Å². The van der Waals surface area contributed by atoms with Gasteiger partial charge in [-0.2, -0.15) is 0 Å². The van der Waals surface area contributed by atoms with Gasteiger partial charge in [0, 0.05) is 71.9 Å². The van der Waals surface area contributed by atoms with Crippen molar-refractivity contribution in [2.75, 3.05) is 0 Å². The number of hydrogen-bond donors (Lipinski definition) is 0. The van der Waals surface area contributed by atoms with Gasteiger partial charge in [0.1, 0.15) is 0 Å². The van der Waals surface area contributed by atoms with Crippen LogP contribution in [0.1, 0.15) is 0 Å². The van der Waals surface area contributed by atoms with E-state index in [4.69, 9.17) is 0 Å². The van der Waals surface area contributed by atoms with E-state index < -0.39 is 0 Å². The summed E-state index contributed by atoms with van der Waals surface area (Å²) in [5.74, 6) is 0. The van der Waals surface area contributed by atoms with Gasteiger partial charge in [-0.1, -0.05) is 0 Å². The van der Waals surface area contributed by atoms with Crippen LogP contribution in [-0.2, 0) is 21.7 Å². The largest absolute Gasteiger partial charge is 0.358 e. The predicted molar refractivity (Wildman–Crippen MR) is 22.1 cm³/mol. The van der Waals surface area contributed by atoms with Crippen molar-refractivity contribution in [2.45, 2.75) is 0 Å². The molecule has 0 amide bonds. The maximum absolute atomic E-state index is 0. The molecule has 25 valence electrons. The van der Waals surface area contributed by atoms with E-state index in [2.05, 4.69) is 0 Å². The van der Waals surface area contributed by atoms with E-state index in [1.54, 1.807) is 0 Å². The molecule has 0 aliphatic rings. The normalized spacial score (nSPS) is 0. The molecular weight excluding hydrogens is 238 g/mol. The minimum absolute atomic E-state index is 0. The zero-order valence-electron chi connectivity index (χ0n) is 2.58. The zero-order valence-corrected chi connectivity index (χ0v) is 7.28. The van der Waals surface area contributed by atoms with Crippen molar-refractivity contribution >= 4 is 25.8 Å². The average Bonchev–Trinajstić information content (AvgIpc) is 0. The van der Waals surface area contributed by atoms with Crippen LogP contribution in [-0.4, -0.2) is 25.8 Å². The Morgan fingerprint density at radius 3 is 1.00 bits per heavy atom. The standard InChI is InChI=1S/CH3.Al.B.Ce.Ti.3H/h1H3;;;;;;;/q-1;;;;;;;. The van der Waals surface area contributed by atoms with Crippen molar-refractivity contribution in [1.29, 1.82) is 0 Å². The fraction of sp³-hybridized carbons (Fsp3) is 0. The van der Waals surface area contributed by atoms with Crippen LogP contribution in [0.5, 0.6) is 0 Å². The van der Waals surface area contributed by atoms with Gasteiger partial charge in [-0.05, 0) is 0 Å². The summed E-state index contributed by atoms with van der Waals surface area (Å²) in [5.41, 5.74) is 0. The molecule has 0 aliphatic heterocycles. The van der Waals surface area contributed by atoms with Gasteiger partial charge in [-0.3, -0.25) is 0 Å². The molecule has 0 aliphatic carbocycles. The van der Waals surface area contributed by atoms with Gasteiger partial charge in [-0.25, -0.2) is 0 Å². The smallest absolute Gasteiger partial charge is 0.187 e. The fourth-order valence-electron chi connectivity index (χ4n) is 0. The monoisotopic (exact) mass is 244 g/mol. The summed E-state index contributed by atoms with van der Waals surface area (Å²) in [6.45, 7) is 0. The van der Waals surface area contributed by atoms with Crippen molar-refractivity contribution in [3.63, 3.8) is 0 Å². The topological polar surface area (TPSA) is 0 Å². The first-order valence-corrected chi connectivity index (χ1v) is 0. The van der Waals surface area contributed by atoms with Crippen molar-refractivity contribution in [3.05, 3.63) is 7.43 Å². The molecule has 5 heavy (non-hydrogen) atoms. The summed E-state index contributed by atoms with van der Waals surface area (Å²) >= 11 is 0. The summed E-state index contributed by atoms with van der Waals surface area (Å²) in [6.07, 6.45) is 0. The van der Waals surface area contributed by atoms with Gasteiger partial charge in [0.2, 0.25) is 0 Å². The van der Waals surface area contributed by atoms with Gasteiger partial charge < -0.3 is 7.43 Å². The summed E-state index contributed by atoms with van der Waals surface area (Å²) in [7, 11) is 0. The summed E-state index contributed by atoms with van der Waals surface area (Å²) in [4.78, 5) is 0. The van der Waals surface area contributed by atoms with Crippen LogP contribution < -0.4 is 0 Å². The van der Waals surface area contributed by atoms with E-state index >= 15 is 0 Å². The molecule has 3 radical (unpaired) electrons. The molecule has 0 spiro atoms. The predicted octanol–water partition coefficient (Wildman–Crippen LogP) is -1.12. The Kier molecular flexibility index (Phi) is 285. The molecule has 0 rings (SSSR count). The molecule has 0 saturated heterocycles. The van der Waals surface area contributed by atoms with E-state index in [1.165, 1.54) is 0 Å². The summed E-state index contributed by atoms with van der Waals surface area (Å²) < 4.78 is 0. The van der Waals surface area contributed by atoms with E-state index in [0.717, 1.165) is 0 Å². The van der Waals surface area contributed by atoms with Crippen LogP contribution >= 0.6 is 0 Å². The molecule has 4 heteroatoms. The molecular formula is CH6AlBCeTi-. The third kappa shape index (κ3) is 20.3. The molecule has 0 nitrogen and oxygen atoms in total. The van der Waals surface area contributed by atoms with Gasteiger partial charge in [-0.15, -0.1) is 0 Å². The van der Waals surface area contributed by atoms with E-state index in [9.17, 15) is 0 Å². The molecule has 0 aromatic rings. The molecule has 0 atom stereocenters. The molecule has 0 unspecified atom stereocenters. The zero-order chi connectivity index (χ0) is 0. The second-order valence-corrected chi connectivity index (χ2v) is 0. The van der Waals surface area contributed by atoms with Crippen molar-refractivity contribution in [3.8, 4) is 0 Å². The fourth-order valence-corrected chi connectivity index (χ4v) is 0. The van der Waals surface area contributed by atoms with Crippen LogP contribution in [0.25, 0.3) is 0 Å². The number of hydrogen-bond acceptors (Lipinski definition) is 0. The maximum atomic E-state index is 0. The van der Waals surface area contributed by atoms with Gasteiger partial charge in [0.15, 0.2) is 17.4 Å². The Morgan fingerprint density at radius 2 is 1.00 bits per heavy atom. The van der Waals surface area contributed by atoms with Crippen LogP contribution in [0, 0.1) is 49.2 Å². The third-order valence-electron chi connectivity index (χ3n) is 0. The minimum atomic E-state index is 0.